The minimum absolute atomic E-state index is 0.0390. The van der Waals surface area contributed by atoms with Crippen molar-refractivity contribution in [1.82, 2.24) is 0 Å². The summed E-state index contributed by atoms with van der Waals surface area (Å²) in [5.41, 5.74) is 0.0183. The number of aromatic hydroxyl groups is 1. The van der Waals surface area contributed by atoms with Crippen LogP contribution in [-0.4, -0.2) is 27.7 Å². The fraction of sp³-hybridized carbons (Fsp3) is 0.185. The molecule has 0 unspecified atom stereocenters. The first-order valence-electron chi connectivity index (χ1n) is 10.7. The van der Waals surface area contributed by atoms with Gasteiger partial charge in [0.15, 0.2) is 5.58 Å². The Labute approximate surface area is 189 Å². The molecule has 166 valence electrons. The topological polar surface area (TPSA) is 97.0 Å². The van der Waals surface area contributed by atoms with Crippen LogP contribution in [0.5, 0.6) is 11.5 Å². The maximum atomic E-state index is 13.5. The second-order valence-corrected chi connectivity index (χ2v) is 8.74. The number of phenols is 1. The molecule has 4 aromatic rings. The minimum atomic E-state index is -1.20. The van der Waals surface area contributed by atoms with Gasteiger partial charge in [0.2, 0.25) is 5.78 Å². The van der Waals surface area contributed by atoms with E-state index in [1.54, 1.807) is 44.2 Å². The number of fused-ring (bicyclic) bond motifs is 3. The SMILES string of the molecule is CC(C)(O)[C@H]1Cc2c(O)c(C(=O)c3ccccc3)c3oc(=O)cc(-c4ccccc4)c3c2O1. The lowest BCUT2D eigenvalue weighted by atomic mass is 9.90. The second kappa shape index (κ2) is 7.60. The van der Waals surface area contributed by atoms with Crippen LogP contribution in [0, 0.1) is 0 Å². The quantitative estimate of drug-likeness (QED) is 0.358. The van der Waals surface area contributed by atoms with E-state index in [0.717, 1.165) is 5.56 Å². The van der Waals surface area contributed by atoms with Crippen LogP contribution in [0.2, 0.25) is 0 Å². The summed E-state index contributed by atoms with van der Waals surface area (Å²) in [6.07, 6.45) is -0.456. The van der Waals surface area contributed by atoms with Gasteiger partial charge in [0.1, 0.15) is 23.2 Å². The first-order chi connectivity index (χ1) is 15.8. The minimum Gasteiger partial charge on any atom is -0.507 e. The molecule has 6 heteroatoms. The zero-order valence-electron chi connectivity index (χ0n) is 18.2. The van der Waals surface area contributed by atoms with Gasteiger partial charge in [-0.3, -0.25) is 4.79 Å². The Morgan fingerprint density at radius 3 is 2.30 bits per heavy atom. The second-order valence-electron chi connectivity index (χ2n) is 8.74. The van der Waals surface area contributed by atoms with E-state index < -0.39 is 23.1 Å². The molecule has 0 fully saturated rings. The van der Waals surface area contributed by atoms with E-state index in [1.165, 1.54) is 6.07 Å². The van der Waals surface area contributed by atoms with Gasteiger partial charge >= 0.3 is 5.63 Å². The van der Waals surface area contributed by atoms with E-state index in [-0.39, 0.29) is 23.3 Å². The summed E-state index contributed by atoms with van der Waals surface area (Å²) in [6, 6.07) is 19.1. The number of phenolic OH excluding ortho intramolecular Hbond substituents is 1. The predicted molar refractivity (Wildman–Crippen MR) is 124 cm³/mol. The molecule has 1 aliphatic heterocycles. The molecule has 0 saturated carbocycles. The molecule has 1 aliphatic rings. The van der Waals surface area contributed by atoms with Gasteiger partial charge in [0.25, 0.3) is 0 Å². The van der Waals surface area contributed by atoms with Gasteiger partial charge in [0.05, 0.1) is 11.0 Å². The number of hydrogen-bond donors (Lipinski definition) is 2. The predicted octanol–water partition coefficient (Wildman–Crippen LogP) is 4.47. The first-order valence-corrected chi connectivity index (χ1v) is 10.7. The molecule has 0 aliphatic carbocycles. The maximum Gasteiger partial charge on any atom is 0.336 e. The summed E-state index contributed by atoms with van der Waals surface area (Å²) in [5, 5.41) is 22.2. The van der Waals surface area contributed by atoms with E-state index in [2.05, 4.69) is 0 Å². The van der Waals surface area contributed by atoms with E-state index in [9.17, 15) is 19.8 Å². The molecule has 1 atom stereocenters. The summed E-state index contributed by atoms with van der Waals surface area (Å²) in [4.78, 5) is 26.1. The van der Waals surface area contributed by atoms with Crippen LogP contribution in [0.15, 0.2) is 75.9 Å². The highest BCUT2D eigenvalue weighted by Crippen LogP contribution is 2.49. The van der Waals surface area contributed by atoms with Crippen molar-refractivity contribution in [1.29, 1.82) is 0 Å². The van der Waals surface area contributed by atoms with Crippen LogP contribution in [-0.2, 0) is 6.42 Å². The van der Waals surface area contributed by atoms with E-state index in [0.29, 0.717) is 27.8 Å². The molecule has 5 rings (SSSR count). The molecule has 33 heavy (non-hydrogen) atoms. The van der Waals surface area contributed by atoms with Gasteiger partial charge in [-0.1, -0.05) is 60.7 Å². The Bertz CT molecular complexity index is 1430. The molecule has 2 heterocycles. The first kappa shape index (κ1) is 21.0. The third kappa shape index (κ3) is 3.49. The Morgan fingerprint density at radius 1 is 1.03 bits per heavy atom. The monoisotopic (exact) mass is 442 g/mol. The van der Waals surface area contributed by atoms with Crippen molar-refractivity contribution in [2.24, 2.45) is 0 Å². The number of ether oxygens (including phenoxy) is 1. The van der Waals surface area contributed by atoms with Crippen molar-refractivity contribution in [3.8, 4) is 22.6 Å². The van der Waals surface area contributed by atoms with E-state index in [1.807, 2.05) is 30.3 Å². The van der Waals surface area contributed by atoms with Gasteiger partial charge in [0, 0.05) is 29.2 Å². The van der Waals surface area contributed by atoms with Gasteiger partial charge in [-0.25, -0.2) is 4.79 Å². The van der Waals surface area contributed by atoms with Crippen LogP contribution in [0.3, 0.4) is 0 Å². The van der Waals surface area contributed by atoms with E-state index in [4.69, 9.17) is 9.15 Å². The highest BCUT2D eigenvalue weighted by molar-refractivity contribution is 6.20. The van der Waals surface area contributed by atoms with Crippen LogP contribution < -0.4 is 10.4 Å². The molecule has 0 spiro atoms. The third-order valence-electron chi connectivity index (χ3n) is 6.00. The fourth-order valence-corrected chi connectivity index (χ4v) is 4.28. The Morgan fingerprint density at radius 2 is 1.67 bits per heavy atom. The zero-order valence-corrected chi connectivity index (χ0v) is 18.2. The smallest absolute Gasteiger partial charge is 0.336 e. The van der Waals surface area contributed by atoms with Crippen LogP contribution >= 0.6 is 0 Å². The molecule has 0 bridgehead atoms. The van der Waals surface area contributed by atoms with Crippen molar-refractivity contribution < 1.29 is 24.2 Å². The molecule has 1 aromatic heterocycles. The van der Waals surface area contributed by atoms with Gasteiger partial charge in [-0.2, -0.15) is 0 Å². The van der Waals surface area contributed by atoms with Crippen molar-refractivity contribution in [3.63, 3.8) is 0 Å². The fourth-order valence-electron chi connectivity index (χ4n) is 4.28. The lowest BCUT2D eigenvalue weighted by molar-refractivity contribution is -0.0225. The Hall–Kier alpha value is -3.90. The summed E-state index contributed by atoms with van der Waals surface area (Å²) in [7, 11) is 0. The van der Waals surface area contributed by atoms with Crippen LogP contribution in [0.4, 0.5) is 0 Å². The largest absolute Gasteiger partial charge is 0.507 e. The van der Waals surface area contributed by atoms with Gasteiger partial charge in [-0.05, 0) is 19.4 Å². The number of hydrogen-bond acceptors (Lipinski definition) is 6. The summed E-state index contributed by atoms with van der Waals surface area (Å²) >= 11 is 0. The van der Waals surface area contributed by atoms with Crippen LogP contribution in [0.25, 0.3) is 22.1 Å². The molecule has 2 N–H and O–H groups in total. The standard InChI is InChI=1S/C27H22O6/c1-27(2,31)19-13-18-24(30)22(23(29)16-11-7-4-8-12-16)26-21(25(18)32-19)17(14-20(28)33-26)15-9-5-3-6-10-15/h3-12,14,19,30-31H,13H2,1-2H3/t19-/m1/s1. The van der Waals surface area contributed by atoms with Crippen molar-refractivity contribution in [2.75, 3.05) is 0 Å². The van der Waals surface area contributed by atoms with Crippen molar-refractivity contribution >= 4 is 16.8 Å². The van der Waals surface area contributed by atoms with Crippen molar-refractivity contribution in [3.05, 3.63) is 93.8 Å². The molecule has 6 nitrogen and oxygen atoms in total. The number of benzene rings is 3. The lowest BCUT2D eigenvalue weighted by Gasteiger charge is -2.24. The van der Waals surface area contributed by atoms with Gasteiger partial charge < -0.3 is 19.4 Å². The van der Waals surface area contributed by atoms with E-state index >= 15 is 0 Å². The third-order valence-corrected chi connectivity index (χ3v) is 6.00. The Balaban J connectivity index is 1.89. The normalized spacial score (nSPS) is 15.3. The molecular weight excluding hydrogens is 420 g/mol. The number of carbonyl (C=O) groups is 1. The average molecular weight is 442 g/mol. The number of ketones is 1. The summed E-state index contributed by atoms with van der Waals surface area (Å²) in [5.74, 6) is -0.464. The molecule has 0 saturated heterocycles. The molecule has 0 radical (unpaired) electrons. The van der Waals surface area contributed by atoms with Gasteiger partial charge in [-0.15, -0.1) is 0 Å². The summed E-state index contributed by atoms with van der Waals surface area (Å²) in [6.45, 7) is 3.24. The Kier molecular flexibility index (Phi) is 4.83. The highest BCUT2D eigenvalue weighted by Gasteiger charge is 2.40. The molecule has 3 aromatic carbocycles. The van der Waals surface area contributed by atoms with Crippen molar-refractivity contribution in [2.45, 2.75) is 32.0 Å². The highest BCUT2D eigenvalue weighted by atomic mass is 16.5. The summed E-state index contributed by atoms with van der Waals surface area (Å²) < 4.78 is 11.7. The lowest BCUT2D eigenvalue weighted by Crippen LogP contribution is -2.39. The number of aliphatic hydroxyl groups is 1. The maximum absolute atomic E-state index is 13.5. The number of carbonyl (C=O) groups excluding carboxylic acids is 1. The average Bonchev–Trinajstić information content (AvgIpc) is 3.26. The van der Waals surface area contributed by atoms with Crippen LogP contribution in [0.1, 0.15) is 35.3 Å². The number of rotatable bonds is 4. The molecular formula is C27H22O6. The zero-order chi connectivity index (χ0) is 23.3. The molecule has 0 amide bonds.